The Hall–Kier alpha value is -1.14. The van der Waals surface area contributed by atoms with Gasteiger partial charge in [-0.05, 0) is 31.7 Å². The van der Waals surface area contributed by atoms with Crippen LogP contribution >= 0.6 is 0 Å². The lowest BCUT2D eigenvalue weighted by Crippen LogP contribution is -2.31. The molecule has 17 heavy (non-hydrogen) atoms. The van der Waals surface area contributed by atoms with E-state index in [0.717, 1.165) is 19.4 Å². The fourth-order valence-corrected chi connectivity index (χ4v) is 1.50. The van der Waals surface area contributed by atoms with Crippen LogP contribution in [0.15, 0.2) is 0 Å². The van der Waals surface area contributed by atoms with Crippen molar-refractivity contribution in [2.75, 3.05) is 6.54 Å². The fraction of sp³-hybridized carbons (Fsp3) is 0.818. The zero-order valence-corrected chi connectivity index (χ0v) is 10.3. The second-order valence-corrected chi connectivity index (χ2v) is 4.56. The van der Waals surface area contributed by atoms with Gasteiger partial charge in [-0.1, -0.05) is 13.8 Å². The summed E-state index contributed by atoms with van der Waals surface area (Å²) in [6, 6.07) is -0.958. The molecule has 1 aliphatic rings. The molecule has 6 nitrogen and oxygen atoms in total. The van der Waals surface area contributed by atoms with Crippen molar-refractivity contribution in [2.24, 2.45) is 11.7 Å². The summed E-state index contributed by atoms with van der Waals surface area (Å²) in [6.45, 7) is 4.75. The van der Waals surface area contributed by atoms with Crippen molar-refractivity contribution < 1.29 is 19.8 Å². The Kier molecular flexibility index (Phi) is 7.49. The lowest BCUT2D eigenvalue weighted by atomic mass is 10.1. The van der Waals surface area contributed by atoms with E-state index >= 15 is 0 Å². The van der Waals surface area contributed by atoms with Crippen LogP contribution in [0.4, 0.5) is 0 Å². The van der Waals surface area contributed by atoms with E-state index in [-0.39, 0.29) is 6.04 Å². The van der Waals surface area contributed by atoms with Crippen molar-refractivity contribution >= 4 is 11.9 Å². The highest BCUT2D eigenvalue weighted by atomic mass is 16.4. The molecule has 1 heterocycles. The minimum Gasteiger partial charge on any atom is -0.480 e. The van der Waals surface area contributed by atoms with Crippen LogP contribution in [0.1, 0.15) is 33.1 Å². The molecular formula is C11H22N2O4. The maximum absolute atomic E-state index is 10.1. The summed E-state index contributed by atoms with van der Waals surface area (Å²) in [5.41, 5.74) is 5.22. The monoisotopic (exact) mass is 246 g/mol. The van der Waals surface area contributed by atoms with E-state index in [1.807, 2.05) is 13.8 Å². The number of hydrogen-bond donors (Lipinski definition) is 4. The number of carboxylic acid groups (broad SMARTS) is 2. The number of aliphatic carboxylic acids is 2. The molecule has 0 aliphatic carbocycles. The topological polar surface area (TPSA) is 113 Å². The molecule has 0 aromatic heterocycles. The van der Waals surface area contributed by atoms with Gasteiger partial charge in [0, 0.05) is 0 Å². The minimum atomic E-state index is -0.913. The molecule has 0 aromatic rings. The molecular weight excluding hydrogens is 224 g/mol. The minimum absolute atomic E-state index is 0.269. The van der Waals surface area contributed by atoms with Crippen LogP contribution in [0.3, 0.4) is 0 Å². The Bertz CT molecular complexity index is 250. The number of carboxylic acids is 2. The van der Waals surface area contributed by atoms with Crippen LogP contribution in [-0.4, -0.2) is 40.8 Å². The van der Waals surface area contributed by atoms with E-state index in [4.69, 9.17) is 15.9 Å². The molecule has 1 aliphatic heterocycles. The number of carbonyl (C=O) groups is 2. The van der Waals surface area contributed by atoms with Crippen LogP contribution in [0.5, 0.6) is 0 Å². The molecule has 0 radical (unpaired) electrons. The average molecular weight is 246 g/mol. The van der Waals surface area contributed by atoms with Gasteiger partial charge in [-0.25, -0.2) is 0 Å². The van der Waals surface area contributed by atoms with Crippen LogP contribution in [-0.2, 0) is 9.59 Å². The molecule has 0 saturated carbocycles. The van der Waals surface area contributed by atoms with Crippen molar-refractivity contribution in [3.8, 4) is 0 Å². The smallest absolute Gasteiger partial charge is 0.320 e. The van der Waals surface area contributed by atoms with Gasteiger partial charge < -0.3 is 21.3 Å². The maximum Gasteiger partial charge on any atom is 0.320 e. The summed E-state index contributed by atoms with van der Waals surface area (Å²) in [6.07, 6.45) is 2.33. The first-order valence-electron chi connectivity index (χ1n) is 5.79. The molecule has 0 amide bonds. The molecule has 100 valence electrons. The fourth-order valence-electron chi connectivity index (χ4n) is 1.50. The van der Waals surface area contributed by atoms with Gasteiger partial charge in [0.1, 0.15) is 12.1 Å². The first-order chi connectivity index (χ1) is 7.84. The highest BCUT2D eigenvalue weighted by Crippen LogP contribution is 2.03. The predicted octanol–water partition coefficient (Wildman–Crippen LogP) is 0.267. The summed E-state index contributed by atoms with van der Waals surface area (Å²) in [5.74, 6) is -1.28. The SMILES string of the molecule is CC(C)C[C@H](N)C(=O)O.O=C(O)[C@@H]1CCCN1. The summed E-state index contributed by atoms with van der Waals surface area (Å²) < 4.78 is 0. The number of hydrogen-bond acceptors (Lipinski definition) is 4. The molecule has 0 bridgehead atoms. The third-order valence-corrected chi connectivity index (χ3v) is 2.40. The van der Waals surface area contributed by atoms with E-state index in [1.165, 1.54) is 0 Å². The molecule has 1 fully saturated rings. The first kappa shape index (κ1) is 15.9. The van der Waals surface area contributed by atoms with Crippen molar-refractivity contribution in [1.29, 1.82) is 0 Å². The Morgan fingerprint density at radius 1 is 1.41 bits per heavy atom. The predicted molar refractivity (Wildman–Crippen MR) is 63.7 cm³/mol. The van der Waals surface area contributed by atoms with Crippen LogP contribution in [0, 0.1) is 5.92 Å². The zero-order chi connectivity index (χ0) is 13.4. The molecule has 0 spiro atoms. The van der Waals surface area contributed by atoms with Crippen LogP contribution < -0.4 is 11.1 Å². The van der Waals surface area contributed by atoms with Crippen molar-refractivity contribution in [1.82, 2.24) is 5.32 Å². The third-order valence-electron chi connectivity index (χ3n) is 2.40. The largest absolute Gasteiger partial charge is 0.480 e. The van der Waals surface area contributed by atoms with Gasteiger partial charge in [-0.15, -0.1) is 0 Å². The molecule has 0 unspecified atom stereocenters. The molecule has 6 heteroatoms. The summed E-state index contributed by atoms with van der Waals surface area (Å²) in [7, 11) is 0. The Morgan fingerprint density at radius 2 is 2.00 bits per heavy atom. The summed E-state index contributed by atoms with van der Waals surface area (Å²) in [5, 5.41) is 19.5. The standard InChI is InChI=1S/C6H13NO2.C5H9NO2/c1-4(2)3-5(7)6(8)9;7-5(8)4-2-1-3-6-4/h4-5H,3,7H2,1-2H3,(H,8,9);4,6H,1-3H2,(H,7,8)/t5-;4-/m00/s1. The van der Waals surface area contributed by atoms with Gasteiger partial charge in [0.15, 0.2) is 0 Å². The lowest BCUT2D eigenvalue weighted by molar-refractivity contribution is -0.139. The van der Waals surface area contributed by atoms with Gasteiger partial charge >= 0.3 is 11.9 Å². The zero-order valence-electron chi connectivity index (χ0n) is 10.3. The maximum atomic E-state index is 10.1. The molecule has 5 N–H and O–H groups in total. The van der Waals surface area contributed by atoms with Gasteiger partial charge in [0.2, 0.25) is 0 Å². The first-order valence-corrected chi connectivity index (χ1v) is 5.79. The quantitative estimate of drug-likeness (QED) is 0.566. The summed E-state index contributed by atoms with van der Waals surface area (Å²) >= 11 is 0. The van der Waals surface area contributed by atoms with Crippen molar-refractivity contribution in [3.63, 3.8) is 0 Å². The highest BCUT2D eigenvalue weighted by Gasteiger charge is 2.20. The number of nitrogens with one attached hydrogen (secondary N) is 1. The third kappa shape index (κ3) is 7.70. The van der Waals surface area contributed by atoms with E-state index < -0.39 is 18.0 Å². The second kappa shape index (κ2) is 8.03. The molecule has 0 aromatic carbocycles. The second-order valence-electron chi connectivity index (χ2n) is 4.56. The van der Waals surface area contributed by atoms with Gasteiger partial charge in [-0.3, -0.25) is 9.59 Å². The van der Waals surface area contributed by atoms with Crippen LogP contribution in [0.2, 0.25) is 0 Å². The van der Waals surface area contributed by atoms with Crippen molar-refractivity contribution in [2.45, 2.75) is 45.2 Å². The van der Waals surface area contributed by atoms with Crippen molar-refractivity contribution in [3.05, 3.63) is 0 Å². The van der Waals surface area contributed by atoms with Gasteiger partial charge in [0.05, 0.1) is 0 Å². The summed E-state index contributed by atoms with van der Waals surface area (Å²) in [4.78, 5) is 20.2. The number of nitrogens with two attached hydrogens (primary N) is 1. The normalized spacial score (nSPS) is 20.6. The Morgan fingerprint density at radius 3 is 2.18 bits per heavy atom. The molecule has 1 saturated heterocycles. The molecule has 1 rings (SSSR count). The van der Waals surface area contributed by atoms with E-state index in [1.54, 1.807) is 0 Å². The average Bonchev–Trinajstić information content (AvgIpc) is 2.69. The Labute approximate surface area is 101 Å². The van der Waals surface area contributed by atoms with E-state index in [2.05, 4.69) is 5.32 Å². The van der Waals surface area contributed by atoms with Gasteiger partial charge in [0.25, 0.3) is 0 Å². The van der Waals surface area contributed by atoms with E-state index in [0.29, 0.717) is 12.3 Å². The number of rotatable bonds is 4. The lowest BCUT2D eigenvalue weighted by Gasteiger charge is -2.07. The van der Waals surface area contributed by atoms with Crippen LogP contribution in [0.25, 0.3) is 0 Å². The van der Waals surface area contributed by atoms with Gasteiger partial charge in [-0.2, -0.15) is 0 Å². The molecule has 2 atom stereocenters. The highest BCUT2D eigenvalue weighted by molar-refractivity contribution is 5.73. The Balaban J connectivity index is 0.000000302. The van der Waals surface area contributed by atoms with E-state index in [9.17, 15) is 9.59 Å².